The Labute approximate surface area is 175 Å². The minimum Gasteiger partial charge on any atom is -0.494 e. The molecule has 30 heavy (non-hydrogen) atoms. The van der Waals surface area contributed by atoms with Gasteiger partial charge in [-0.25, -0.2) is 0 Å². The molecule has 1 N–H and O–H groups in total. The molecule has 0 bridgehead atoms. The molecule has 2 aromatic carbocycles. The van der Waals surface area contributed by atoms with E-state index in [1.165, 1.54) is 6.26 Å². The lowest BCUT2D eigenvalue weighted by atomic mass is 10.2. The smallest absolute Gasteiger partial charge is 0.291 e. The van der Waals surface area contributed by atoms with Crippen molar-refractivity contribution in [3.05, 3.63) is 78.3 Å². The second-order valence-electron chi connectivity index (χ2n) is 6.57. The number of furan rings is 1. The third kappa shape index (κ3) is 5.88. The Balaban J connectivity index is 1.46. The second kappa shape index (κ2) is 10.2. The molecular weight excluding hydrogens is 384 g/mol. The molecule has 3 rings (SSSR count). The summed E-state index contributed by atoms with van der Waals surface area (Å²) in [6.45, 7) is 2.95. The van der Waals surface area contributed by atoms with Crippen molar-refractivity contribution in [3.8, 4) is 11.5 Å². The van der Waals surface area contributed by atoms with E-state index in [1.54, 1.807) is 48.3 Å². The van der Waals surface area contributed by atoms with Crippen molar-refractivity contribution in [2.24, 2.45) is 0 Å². The maximum Gasteiger partial charge on any atom is 0.291 e. The van der Waals surface area contributed by atoms with Gasteiger partial charge in [0.05, 0.1) is 12.9 Å². The van der Waals surface area contributed by atoms with Crippen LogP contribution in [0, 0.1) is 0 Å². The SMILES string of the molecule is CCOc1ccc(CN(C)C(=O)COc2ccc(NC(=O)c3ccco3)cc2)cc1. The van der Waals surface area contributed by atoms with Gasteiger partial charge in [-0.1, -0.05) is 12.1 Å². The number of hydrogen-bond acceptors (Lipinski definition) is 5. The molecule has 7 nitrogen and oxygen atoms in total. The number of likely N-dealkylation sites (N-methyl/N-ethyl adjacent to an activating group) is 1. The van der Waals surface area contributed by atoms with Crippen LogP contribution in [-0.4, -0.2) is 37.0 Å². The number of carbonyl (C=O) groups is 2. The van der Waals surface area contributed by atoms with Crippen LogP contribution < -0.4 is 14.8 Å². The molecule has 1 aromatic heterocycles. The predicted octanol–water partition coefficient (Wildman–Crippen LogP) is 3.97. The van der Waals surface area contributed by atoms with E-state index in [4.69, 9.17) is 13.9 Å². The number of hydrogen-bond donors (Lipinski definition) is 1. The maximum atomic E-state index is 12.3. The summed E-state index contributed by atoms with van der Waals surface area (Å²) in [7, 11) is 1.73. The number of amides is 2. The van der Waals surface area contributed by atoms with Gasteiger partial charge >= 0.3 is 0 Å². The van der Waals surface area contributed by atoms with Crippen LogP contribution in [0.25, 0.3) is 0 Å². The number of nitrogens with one attached hydrogen (secondary N) is 1. The largest absolute Gasteiger partial charge is 0.494 e. The van der Waals surface area contributed by atoms with E-state index < -0.39 is 0 Å². The lowest BCUT2D eigenvalue weighted by Crippen LogP contribution is -2.30. The highest BCUT2D eigenvalue weighted by atomic mass is 16.5. The molecule has 2 amide bonds. The first-order valence-electron chi connectivity index (χ1n) is 9.58. The monoisotopic (exact) mass is 408 g/mol. The third-order valence-corrected chi connectivity index (χ3v) is 4.30. The van der Waals surface area contributed by atoms with Crippen LogP contribution in [0.5, 0.6) is 11.5 Å². The van der Waals surface area contributed by atoms with Gasteiger partial charge in [0.1, 0.15) is 11.5 Å². The average Bonchev–Trinajstić information content (AvgIpc) is 3.30. The van der Waals surface area contributed by atoms with Crippen molar-refractivity contribution in [1.82, 2.24) is 4.90 Å². The topological polar surface area (TPSA) is 81.0 Å². The van der Waals surface area contributed by atoms with Gasteiger partial charge in [0, 0.05) is 19.3 Å². The standard InChI is InChI=1S/C23H24N2O5/c1-3-28-19-10-6-17(7-11-19)15-25(2)22(26)16-30-20-12-8-18(9-13-20)24-23(27)21-5-4-14-29-21/h4-14H,3,15-16H2,1-2H3,(H,24,27). The highest BCUT2D eigenvalue weighted by Crippen LogP contribution is 2.17. The number of anilines is 1. The fourth-order valence-corrected chi connectivity index (χ4v) is 2.71. The van der Waals surface area contributed by atoms with Crippen LogP contribution in [0.4, 0.5) is 5.69 Å². The summed E-state index contributed by atoms with van der Waals surface area (Å²) in [5, 5.41) is 2.72. The van der Waals surface area contributed by atoms with E-state index in [1.807, 2.05) is 31.2 Å². The first-order valence-corrected chi connectivity index (χ1v) is 9.58. The van der Waals surface area contributed by atoms with Gasteiger partial charge in [-0.3, -0.25) is 9.59 Å². The molecule has 0 radical (unpaired) electrons. The van der Waals surface area contributed by atoms with Gasteiger partial charge in [-0.2, -0.15) is 0 Å². The quantitative estimate of drug-likeness (QED) is 0.579. The molecule has 0 spiro atoms. The molecule has 1 heterocycles. The zero-order valence-electron chi connectivity index (χ0n) is 17.0. The summed E-state index contributed by atoms with van der Waals surface area (Å²) >= 11 is 0. The van der Waals surface area contributed by atoms with Crippen molar-refractivity contribution in [2.75, 3.05) is 25.6 Å². The van der Waals surface area contributed by atoms with Crippen LogP contribution in [-0.2, 0) is 11.3 Å². The van der Waals surface area contributed by atoms with Crippen LogP contribution in [0.3, 0.4) is 0 Å². The lowest BCUT2D eigenvalue weighted by molar-refractivity contribution is -0.132. The molecule has 0 fully saturated rings. The van der Waals surface area contributed by atoms with Gasteiger partial charge in [0.2, 0.25) is 0 Å². The average molecular weight is 408 g/mol. The molecule has 7 heteroatoms. The van der Waals surface area contributed by atoms with Gasteiger partial charge < -0.3 is 24.1 Å². The van der Waals surface area contributed by atoms with Crippen LogP contribution in [0.2, 0.25) is 0 Å². The van der Waals surface area contributed by atoms with Crippen LogP contribution >= 0.6 is 0 Å². The fourth-order valence-electron chi connectivity index (χ4n) is 2.71. The molecule has 0 aliphatic heterocycles. The Kier molecular flexibility index (Phi) is 7.10. The highest BCUT2D eigenvalue weighted by Gasteiger charge is 2.11. The van der Waals surface area contributed by atoms with E-state index in [-0.39, 0.29) is 24.2 Å². The highest BCUT2D eigenvalue weighted by molar-refractivity contribution is 6.02. The van der Waals surface area contributed by atoms with Crippen molar-refractivity contribution in [2.45, 2.75) is 13.5 Å². The van der Waals surface area contributed by atoms with Crippen molar-refractivity contribution < 1.29 is 23.5 Å². The third-order valence-electron chi connectivity index (χ3n) is 4.30. The molecule has 156 valence electrons. The molecule has 0 aliphatic carbocycles. The molecular formula is C23H24N2O5. The van der Waals surface area contributed by atoms with E-state index in [0.717, 1.165) is 11.3 Å². The Bertz CT molecular complexity index is 950. The molecule has 0 aliphatic rings. The first-order chi connectivity index (χ1) is 14.5. The van der Waals surface area contributed by atoms with E-state index >= 15 is 0 Å². The van der Waals surface area contributed by atoms with Gasteiger partial charge in [0.15, 0.2) is 12.4 Å². The second-order valence-corrected chi connectivity index (χ2v) is 6.57. The Morgan fingerprint density at radius 3 is 2.27 bits per heavy atom. The Morgan fingerprint density at radius 1 is 0.967 bits per heavy atom. The summed E-state index contributed by atoms with van der Waals surface area (Å²) in [6.07, 6.45) is 1.44. The summed E-state index contributed by atoms with van der Waals surface area (Å²) in [4.78, 5) is 25.9. The summed E-state index contributed by atoms with van der Waals surface area (Å²) in [5.74, 6) is 1.10. The minimum atomic E-state index is -0.334. The molecule has 0 saturated carbocycles. The minimum absolute atomic E-state index is 0.0777. The zero-order valence-corrected chi connectivity index (χ0v) is 17.0. The number of ether oxygens (including phenoxy) is 2. The predicted molar refractivity (Wildman–Crippen MR) is 113 cm³/mol. The number of rotatable bonds is 9. The maximum absolute atomic E-state index is 12.3. The summed E-state index contributed by atoms with van der Waals surface area (Å²) in [6, 6.07) is 17.7. The van der Waals surface area contributed by atoms with Crippen molar-refractivity contribution in [3.63, 3.8) is 0 Å². The van der Waals surface area contributed by atoms with Gasteiger partial charge in [-0.15, -0.1) is 0 Å². The van der Waals surface area contributed by atoms with Crippen molar-refractivity contribution >= 4 is 17.5 Å². The number of benzene rings is 2. The van der Waals surface area contributed by atoms with Crippen LogP contribution in [0.15, 0.2) is 71.3 Å². The zero-order chi connectivity index (χ0) is 21.3. The lowest BCUT2D eigenvalue weighted by Gasteiger charge is -2.18. The first kappa shape index (κ1) is 21.0. The normalized spacial score (nSPS) is 10.3. The van der Waals surface area contributed by atoms with E-state index in [2.05, 4.69) is 5.32 Å². The molecule has 3 aromatic rings. The van der Waals surface area contributed by atoms with E-state index in [0.29, 0.717) is 24.6 Å². The number of nitrogens with zero attached hydrogens (tertiary/aromatic N) is 1. The van der Waals surface area contributed by atoms with Gasteiger partial charge in [0.25, 0.3) is 11.8 Å². The van der Waals surface area contributed by atoms with Crippen LogP contribution in [0.1, 0.15) is 23.0 Å². The van der Waals surface area contributed by atoms with E-state index in [9.17, 15) is 9.59 Å². The van der Waals surface area contributed by atoms with Gasteiger partial charge in [-0.05, 0) is 61.0 Å². The molecule has 0 unspecified atom stereocenters. The number of carbonyl (C=O) groups excluding carboxylic acids is 2. The molecule has 0 saturated heterocycles. The fraction of sp³-hybridized carbons (Fsp3) is 0.217. The molecule has 0 atom stereocenters. The summed E-state index contributed by atoms with van der Waals surface area (Å²) < 4.78 is 16.0. The summed E-state index contributed by atoms with van der Waals surface area (Å²) in [5.41, 5.74) is 1.61. The van der Waals surface area contributed by atoms with Crippen molar-refractivity contribution in [1.29, 1.82) is 0 Å². The Morgan fingerprint density at radius 2 is 1.63 bits per heavy atom. The Hall–Kier alpha value is -3.74.